The molecule has 0 fully saturated rings. The van der Waals surface area contributed by atoms with E-state index in [9.17, 15) is 0 Å². The lowest BCUT2D eigenvalue weighted by Crippen LogP contribution is -2.14. The molecular formula is C14H21BrClN. The van der Waals surface area contributed by atoms with Gasteiger partial charge in [0.2, 0.25) is 0 Å². The summed E-state index contributed by atoms with van der Waals surface area (Å²) in [5, 5.41) is 4.24. The van der Waals surface area contributed by atoms with Gasteiger partial charge in [0, 0.05) is 16.2 Å². The third kappa shape index (κ3) is 5.78. The summed E-state index contributed by atoms with van der Waals surface area (Å²) in [7, 11) is 0. The highest BCUT2D eigenvalue weighted by molar-refractivity contribution is 9.10. The monoisotopic (exact) mass is 317 g/mol. The van der Waals surface area contributed by atoms with Crippen LogP contribution in [0.5, 0.6) is 0 Å². The molecule has 0 aromatic heterocycles. The fraction of sp³-hybridized carbons (Fsp3) is 0.571. The van der Waals surface area contributed by atoms with E-state index in [0.717, 1.165) is 15.2 Å². The second-order valence-electron chi connectivity index (χ2n) is 4.52. The van der Waals surface area contributed by atoms with E-state index in [0.29, 0.717) is 6.04 Å². The lowest BCUT2D eigenvalue weighted by atomic mass is 10.1. The predicted octanol–water partition coefficient (Wildman–Crippen LogP) is 5.87. The van der Waals surface area contributed by atoms with Crippen molar-refractivity contribution in [2.24, 2.45) is 0 Å². The Balaban J connectivity index is 2.34. The number of hydrogen-bond donors (Lipinski definition) is 1. The molecule has 0 amide bonds. The van der Waals surface area contributed by atoms with Crippen LogP contribution in [0.1, 0.15) is 46.0 Å². The number of anilines is 1. The maximum absolute atomic E-state index is 6.06. The highest BCUT2D eigenvalue weighted by Gasteiger charge is 2.03. The maximum Gasteiger partial charge on any atom is 0.0568 e. The van der Waals surface area contributed by atoms with Crippen LogP contribution in [0.2, 0.25) is 5.02 Å². The van der Waals surface area contributed by atoms with Gasteiger partial charge in [-0.2, -0.15) is 0 Å². The zero-order valence-corrected chi connectivity index (χ0v) is 12.9. The molecule has 0 saturated heterocycles. The molecule has 1 aromatic carbocycles. The Morgan fingerprint density at radius 3 is 2.71 bits per heavy atom. The molecule has 1 aromatic rings. The van der Waals surface area contributed by atoms with Crippen LogP contribution in [-0.2, 0) is 0 Å². The Labute approximate surface area is 118 Å². The highest BCUT2D eigenvalue weighted by Crippen LogP contribution is 2.26. The average molecular weight is 319 g/mol. The second kappa shape index (κ2) is 7.99. The third-order valence-electron chi connectivity index (χ3n) is 2.82. The fourth-order valence-corrected chi connectivity index (χ4v) is 2.25. The van der Waals surface area contributed by atoms with E-state index in [4.69, 9.17) is 11.6 Å². The second-order valence-corrected chi connectivity index (χ2v) is 5.79. The van der Waals surface area contributed by atoms with Gasteiger partial charge in [0.25, 0.3) is 0 Å². The van der Waals surface area contributed by atoms with Crippen LogP contribution >= 0.6 is 27.5 Å². The molecule has 0 aliphatic heterocycles. The number of unbranched alkanes of at least 4 members (excludes halogenated alkanes) is 3. The van der Waals surface area contributed by atoms with Crippen LogP contribution < -0.4 is 5.32 Å². The quantitative estimate of drug-likeness (QED) is 0.620. The molecule has 1 N–H and O–H groups in total. The van der Waals surface area contributed by atoms with Gasteiger partial charge in [-0.05, 0) is 47.5 Å². The van der Waals surface area contributed by atoms with Crippen molar-refractivity contribution in [3.05, 3.63) is 27.7 Å². The van der Waals surface area contributed by atoms with E-state index >= 15 is 0 Å². The first-order valence-corrected chi connectivity index (χ1v) is 7.52. The van der Waals surface area contributed by atoms with Crippen molar-refractivity contribution in [3.63, 3.8) is 0 Å². The van der Waals surface area contributed by atoms with Crippen LogP contribution in [0.3, 0.4) is 0 Å². The molecule has 3 heteroatoms. The minimum atomic E-state index is 0.504. The van der Waals surface area contributed by atoms with Crippen molar-refractivity contribution >= 4 is 33.2 Å². The lowest BCUT2D eigenvalue weighted by Gasteiger charge is -2.15. The van der Waals surface area contributed by atoms with Crippen LogP contribution in [0.25, 0.3) is 0 Å². The lowest BCUT2D eigenvalue weighted by molar-refractivity contribution is 0.594. The maximum atomic E-state index is 6.06. The number of hydrogen-bond acceptors (Lipinski definition) is 1. The molecule has 0 heterocycles. The Morgan fingerprint density at radius 1 is 1.29 bits per heavy atom. The SMILES string of the molecule is CCCCCCC(C)Nc1ccc(Br)c(Cl)c1. The van der Waals surface area contributed by atoms with E-state index in [1.165, 1.54) is 32.1 Å². The zero-order valence-electron chi connectivity index (χ0n) is 10.6. The normalized spacial score (nSPS) is 12.5. The standard InChI is InChI=1S/C14H21BrClN/c1-3-4-5-6-7-11(2)17-12-8-9-13(15)14(16)10-12/h8-11,17H,3-7H2,1-2H3. The van der Waals surface area contributed by atoms with E-state index in [1.807, 2.05) is 12.1 Å². The topological polar surface area (TPSA) is 12.0 Å². The van der Waals surface area contributed by atoms with E-state index in [2.05, 4.69) is 41.2 Å². The average Bonchev–Trinajstić information content (AvgIpc) is 2.30. The summed E-state index contributed by atoms with van der Waals surface area (Å²) in [6.45, 7) is 4.47. The van der Waals surface area contributed by atoms with Gasteiger partial charge in [0.05, 0.1) is 5.02 Å². The van der Waals surface area contributed by atoms with Gasteiger partial charge in [-0.25, -0.2) is 0 Å². The van der Waals surface area contributed by atoms with Crippen LogP contribution in [0, 0.1) is 0 Å². The van der Waals surface area contributed by atoms with Crippen molar-refractivity contribution in [2.75, 3.05) is 5.32 Å². The van der Waals surface area contributed by atoms with Gasteiger partial charge in [-0.15, -0.1) is 0 Å². The Hall–Kier alpha value is -0.210. The Bertz CT molecular complexity index is 341. The molecule has 0 saturated carbocycles. The summed E-state index contributed by atoms with van der Waals surface area (Å²) in [6.07, 6.45) is 6.49. The van der Waals surface area contributed by atoms with E-state index in [1.54, 1.807) is 0 Å². The molecule has 0 bridgehead atoms. The third-order valence-corrected chi connectivity index (χ3v) is 4.06. The van der Waals surface area contributed by atoms with Gasteiger partial charge in [-0.3, -0.25) is 0 Å². The van der Waals surface area contributed by atoms with Crippen LogP contribution in [-0.4, -0.2) is 6.04 Å². The number of rotatable bonds is 7. The van der Waals surface area contributed by atoms with Crippen LogP contribution in [0.4, 0.5) is 5.69 Å². The van der Waals surface area contributed by atoms with Crippen molar-refractivity contribution in [1.29, 1.82) is 0 Å². The summed E-state index contributed by atoms with van der Waals surface area (Å²) in [5.41, 5.74) is 1.10. The highest BCUT2D eigenvalue weighted by atomic mass is 79.9. The summed E-state index contributed by atoms with van der Waals surface area (Å²) < 4.78 is 0.945. The minimum Gasteiger partial charge on any atom is -0.383 e. The first-order valence-electron chi connectivity index (χ1n) is 6.35. The van der Waals surface area contributed by atoms with Gasteiger partial charge < -0.3 is 5.32 Å². The van der Waals surface area contributed by atoms with Gasteiger partial charge in [-0.1, -0.05) is 44.2 Å². The van der Waals surface area contributed by atoms with Gasteiger partial charge in [0.15, 0.2) is 0 Å². The number of nitrogens with one attached hydrogen (secondary N) is 1. The molecule has 17 heavy (non-hydrogen) atoms. The molecule has 0 spiro atoms. The summed E-state index contributed by atoms with van der Waals surface area (Å²) in [5.74, 6) is 0. The molecular weight excluding hydrogens is 298 g/mol. The zero-order chi connectivity index (χ0) is 12.7. The first kappa shape index (κ1) is 14.8. The van der Waals surface area contributed by atoms with Crippen molar-refractivity contribution in [3.8, 4) is 0 Å². The van der Waals surface area contributed by atoms with Gasteiger partial charge >= 0.3 is 0 Å². The van der Waals surface area contributed by atoms with E-state index < -0.39 is 0 Å². The fourth-order valence-electron chi connectivity index (χ4n) is 1.82. The molecule has 1 atom stereocenters. The summed E-state index contributed by atoms with van der Waals surface area (Å²) >= 11 is 9.45. The van der Waals surface area contributed by atoms with Crippen molar-refractivity contribution in [2.45, 2.75) is 52.0 Å². The van der Waals surface area contributed by atoms with Gasteiger partial charge in [0.1, 0.15) is 0 Å². The molecule has 0 aliphatic rings. The molecule has 1 rings (SSSR count). The first-order chi connectivity index (χ1) is 8.13. The number of halogens is 2. The largest absolute Gasteiger partial charge is 0.383 e. The Kier molecular flexibility index (Phi) is 6.98. The Morgan fingerprint density at radius 2 is 2.06 bits per heavy atom. The van der Waals surface area contributed by atoms with Crippen molar-refractivity contribution < 1.29 is 0 Å². The number of benzene rings is 1. The molecule has 0 radical (unpaired) electrons. The summed E-state index contributed by atoms with van der Waals surface area (Å²) in [4.78, 5) is 0. The molecule has 1 nitrogen and oxygen atoms in total. The smallest absolute Gasteiger partial charge is 0.0568 e. The predicted molar refractivity (Wildman–Crippen MR) is 81.0 cm³/mol. The molecule has 1 unspecified atom stereocenters. The minimum absolute atomic E-state index is 0.504. The van der Waals surface area contributed by atoms with E-state index in [-0.39, 0.29) is 0 Å². The van der Waals surface area contributed by atoms with Crippen molar-refractivity contribution in [1.82, 2.24) is 0 Å². The molecule has 96 valence electrons. The summed E-state index contributed by atoms with van der Waals surface area (Å²) in [6, 6.07) is 6.50. The van der Waals surface area contributed by atoms with Crippen LogP contribution in [0.15, 0.2) is 22.7 Å². The molecule has 0 aliphatic carbocycles.